The second-order valence-corrected chi connectivity index (χ2v) is 5.53. The number of nitrogens with one attached hydrogen (secondary N) is 2. The molecule has 1 aliphatic heterocycles. The summed E-state index contributed by atoms with van der Waals surface area (Å²) in [6, 6.07) is 6.89. The molecule has 0 saturated carbocycles. The Kier molecular flexibility index (Phi) is 5.67. The number of likely N-dealkylation sites (N-methyl/N-ethyl adjacent to an activating group) is 1. The highest BCUT2D eigenvalue weighted by molar-refractivity contribution is 6.17. The zero-order chi connectivity index (χ0) is 17.7. The second-order valence-electron chi connectivity index (χ2n) is 5.53. The number of amides is 3. The maximum atomic E-state index is 12.2. The van der Waals surface area contributed by atoms with E-state index in [1.807, 2.05) is 0 Å². The quantitative estimate of drug-likeness (QED) is 0.600. The Morgan fingerprint density at radius 3 is 2.50 bits per heavy atom. The predicted molar refractivity (Wildman–Crippen MR) is 89.1 cm³/mol. The van der Waals surface area contributed by atoms with E-state index in [0.29, 0.717) is 11.4 Å². The number of β-amino-alcohol motifs (C(OH)–C–C–N with tert-alkyl or cyclic N) is 1. The summed E-state index contributed by atoms with van der Waals surface area (Å²) in [4.78, 5) is 38.5. The lowest BCUT2D eigenvalue weighted by Gasteiger charge is -2.16. The van der Waals surface area contributed by atoms with Gasteiger partial charge in [0.25, 0.3) is 11.8 Å². The highest BCUT2D eigenvalue weighted by atomic mass is 16.3. The molecule has 1 aromatic rings. The zero-order valence-electron chi connectivity index (χ0n) is 13.6. The highest BCUT2D eigenvalue weighted by Crippen LogP contribution is 2.24. The summed E-state index contributed by atoms with van der Waals surface area (Å²) in [6.45, 7) is -0.130. The first kappa shape index (κ1) is 17.6. The molecule has 0 saturated heterocycles. The number of carbonyl (C=O) groups is 3. The van der Waals surface area contributed by atoms with Crippen molar-refractivity contribution >= 4 is 29.1 Å². The third-order valence-electron chi connectivity index (χ3n) is 3.26. The standard InChI is InChI=1S/C16H20N4O4/c1-19(2)10-14(22)18-12-6-4-3-5-11(12)17-13-9-15(23)20(7-8-21)16(13)24/h3-6,9,17,21H,7-8,10H2,1-2H3,(H,18,22). The van der Waals surface area contributed by atoms with Crippen molar-refractivity contribution < 1.29 is 19.5 Å². The molecule has 3 amide bonds. The Morgan fingerprint density at radius 2 is 1.88 bits per heavy atom. The van der Waals surface area contributed by atoms with Crippen molar-refractivity contribution in [2.24, 2.45) is 0 Å². The first-order valence-corrected chi connectivity index (χ1v) is 7.41. The Hall–Kier alpha value is -2.71. The summed E-state index contributed by atoms with van der Waals surface area (Å²) >= 11 is 0. The maximum absolute atomic E-state index is 12.2. The number of nitrogens with zero attached hydrogens (tertiary/aromatic N) is 2. The Balaban J connectivity index is 2.14. The molecule has 0 spiro atoms. The van der Waals surface area contributed by atoms with Gasteiger partial charge >= 0.3 is 0 Å². The largest absolute Gasteiger partial charge is 0.395 e. The van der Waals surface area contributed by atoms with Gasteiger partial charge in [-0.25, -0.2) is 0 Å². The molecule has 2 rings (SSSR count). The van der Waals surface area contributed by atoms with E-state index in [0.717, 1.165) is 4.90 Å². The van der Waals surface area contributed by atoms with E-state index in [4.69, 9.17) is 5.11 Å². The molecule has 1 aromatic carbocycles. The number of hydrogen-bond donors (Lipinski definition) is 3. The summed E-state index contributed by atoms with van der Waals surface area (Å²) in [5, 5.41) is 14.5. The first-order valence-electron chi connectivity index (χ1n) is 7.41. The Bertz CT molecular complexity index is 684. The highest BCUT2D eigenvalue weighted by Gasteiger charge is 2.30. The topological polar surface area (TPSA) is 102 Å². The molecule has 0 radical (unpaired) electrons. The van der Waals surface area contributed by atoms with Crippen LogP contribution in [0.3, 0.4) is 0 Å². The average Bonchev–Trinajstić information content (AvgIpc) is 2.76. The summed E-state index contributed by atoms with van der Waals surface area (Å²) in [6.07, 6.45) is 1.18. The molecule has 0 atom stereocenters. The minimum absolute atomic E-state index is 0.0550. The van der Waals surface area contributed by atoms with Crippen LogP contribution < -0.4 is 10.6 Å². The molecular formula is C16H20N4O4. The summed E-state index contributed by atoms with van der Waals surface area (Å²) in [7, 11) is 3.57. The van der Waals surface area contributed by atoms with Crippen LogP contribution in [0.1, 0.15) is 0 Å². The maximum Gasteiger partial charge on any atom is 0.277 e. The minimum atomic E-state index is -0.511. The van der Waals surface area contributed by atoms with Crippen molar-refractivity contribution in [3.05, 3.63) is 36.0 Å². The van der Waals surface area contributed by atoms with Gasteiger partial charge in [-0.05, 0) is 26.2 Å². The number of carbonyl (C=O) groups excluding carboxylic acids is 3. The van der Waals surface area contributed by atoms with E-state index in [9.17, 15) is 14.4 Å². The van der Waals surface area contributed by atoms with E-state index in [1.165, 1.54) is 6.08 Å². The fourth-order valence-electron chi connectivity index (χ4n) is 2.23. The average molecular weight is 332 g/mol. The summed E-state index contributed by atoms with van der Waals surface area (Å²) in [5.41, 5.74) is 1.11. The van der Waals surface area contributed by atoms with Crippen LogP contribution in [-0.4, -0.2) is 66.4 Å². The van der Waals surface area contributed by atoms with Gasteiger partial charge < -0.3 is 20.6 Å². The number of anilines is 2. The SMILES string of the molecule is CN(C)CC(=O)Nc1ccccc1NC1=CC(=O)N(CCO)C1=O. The van der Waals surface area contributed by atoms with Gasteiger partial charge in [0.1, 0.15) is 5.70 Å². The monoisotopic (exact) mass is 332 g/mol. The van der Waals surface area contributed by atoms with E-state index in [2.05, 4.69) is 10.6 Å². The molecule has 0 fully saturated rings. The summed E-state index contributed by atoms with van der Waals surface area (Å²) in [5.74, 6) is -1.19. The van der Waals surface area contributed by atoms with Crippen LogP contribution in [0, 0.1) is 0 Å². The van der Waals surface area contributed by atoms with Gasteiger partial charge in [0, 0.05) is 6.08 Å². The van der Waals surface area contributed by atoms with E-state index < -0.39 is 11.8 Å². The van der Waals surface area contributed by atoms with Crippen molar-refractivity contribution in [2.45, 2.75) is 0 Å². The van der Waals surface area contributed by atoms with Crippen LogP contribution in [0.15, 0.2) is 36.0 Å². The van der Waals surface area contributed by atoms with Gasteiger partial charge in [0.05, 0.1) is 31.1 Å². The number of rotatable bonds is 7. The Labute approximate surface area is 139 Å². The van der Waals surface area contributed by atoms with Gasteiger partial charge in [-0.3, -0.25) is 19.3 Å². The van der Waals surface area contributed by atoms with Crippen molar-refractivity contribution in [1.29, 1.82) is 0 Å². The number of aliphatic hydroxyl groups excluding tert-OH is 1. The molecule has 3 N–H and O–H groups in total. The Morgan fingerprint density at radius 1 is 1.21 bits per heavy atom. The minimum Gasteiger partial charge on any atom is -0.395 e. The van der Waals surface area contributed by atoms with E-state index in [1.54, 1.807) is 43.3 Å². The number of imide groups is 1. The third-order valence-corrected chi connectivity index (χ3v) is 3.26. The smallest absolute Gasteiger partial charge is 0.277 e. The van der Waals surface area contributed by atoms with E-state index >= 15 is 0 Å². The van der Waals surface area contributed by atoms with Crippen molar-refractivity contribution in [3.63, 3.8) is 0 Å². The fourth-order valence-corrected chi connectivity index (χ4v) is 2.23. The van der Waals surface area contributed by atoms with Gasteiger partial charge in [0.2, 0.25) is 5.91 Å². The van der Waals surface area contributed by atoms with Crippen LogP contribution in [0.2, 0.25) is 0 Å². The second kappa shape index (κ2) is 7.71. The molecule has 0 aliphatic carbocycles. The molecule has 0 unspecified atom stereocenters. The number of hydrogen-bond acceptors (Lipinski definition) is 6. The predicted octanol–water partition coefficient (Wildman–Crippen LogP) is -0.156. The first-order chi connectivity index (χ1) is 11.4. The molecule has 1 heterocycles. The normalized spacial score (nSPS) is 14.2. The lowest BCUT2D eigenvalue weighted by atomic mass is 10.2. The van der Waals surface area contributed by atoms with Crippen molar-refractivity contribution in [3.8, 4) is 0 Å². The van der Waals surface area contributed by atoms with Crippen LogP contribution in [-0.2, 0) is 14.4 Å². The van der Waals surface area contributed by atoms with Crippen molar-refractivity contribution in [1.82, 2.24) is 9.80 Å². The van der Waals surface area contributed by atoms with Crippen molar-refractivity contribution in [2.75, 3.05) is 44.4 Å². The van der Waals surface area contributed by atoms with Crippen LogP contribution in [0.4, 0.5) is 11.4 Å². The number of aliphatic hydroxyl groups is 1. The number of para-hydroxylation sites is 2. The molecule has 128 valence electrons. The molecule has 8 nitrogen and oxygen atoms in total. The molecule has 0 aromatic heterocycles. The lowest BCUT2D eigenvalue weighted by Crippen LogP contribution is -2.34. The molecule has 0 bridgehead atoms. The molecular weight excluding hydrogens is 312 g/mol. The van der Waals surface area contributed by atoms with Crippen LogP contribution in [0.25, 0.3) is 0 Å². The van der Waals surface area contributed by atoms with Gasteiger partial charge in [-0.1, -0.05) is 12.1 Å². The fraction of sp³-hybridized carbons (Fsp3) is 0.312. The number of benzene rings is 1. The summed E-state index contributed by atoms with van der Waals surface area (Å²) < 4.78 is 0. The van der Waals surface area contributed by atoms with Crippen LogP contribution in [0.5, 0.6) is 0 Å². The third kappa shape index (κ3) is 4.18. The van der Waals surface area contributed by atoms with E-state index in [-0.39, 0.29) is 31.3 Å². The van der Waals surface area contributed by atoms with Gasteiger partial charge in [-0.2, -0.15) is 0 Å². The molecule has 1 aliphatic rings. The molecule has 8 heteroatoms. The molecule has 24 heavy (non-hydrogen) atoms. The van der Waals surface area contributed by atoms with Crippen LogP contribution >= 0.6 is 0 Å². The lowest BCUT2D eigenvalue weighted by molar-refractivity contribution is -0.137. The zero-order valence-corrected chi connectivity index (χ0v) is 13.6. The van der Waals surface area contributed by atoms with Gasteiger partial charge in [-0.15, -0.1) is 0 Å². The van der Waals surface area contributed by atoms with Gasteiger partial charge in [0.15, 0.2) is 0 Å².